The number of hydrogen-bond acceptors (Lipinski definition) is 8. The topological polar surface area (TPSA) is 203 Å². The molecule has 0 saturated heterocycles. The van der Waals surface area contributed by atoms with E-state index in [0.29, 0.717) is 38.5 Å². The van der Waals surface area contributed by atoms with Gasteiger partial charge in [0.05, 0.1) is 24.2 Å². The fourth-order valence-electron chi connectivity index (χ4n) is 6.90. The van der Waals surface area contributed by atoms with Crippen molar-refractivity contribution in [2.45, 2.75) is 260 Å². The van der Waals surface area contributed by atoms with Crippen molar-refractivity contribution in [3.63, 3.8) is 0 Å². The summed E-state index contributed by atoms with van der Waals surface area (Å²) in [6, 6.07) is -3.48. The van der Waals surface area contributed by atoms with Gasteiger partial charge in [0.2, 0.25) is 23.6 Å². The van der Waals surface area contributed by atoms with Crippen molar-refractivity contribution in [1.29, 1.82) is 0 Å². The third-order valence-electron chi connectivity index (χ3n) is 11.0. The molecule has 0 aromatic heterocycles. The van der Waals surface area contributed by atoms with Crippen molar-refractivity contribution in [3.05, 3.63) is 0 Å². The first-order chi connectivity index (χ1) is 28.6. The molecule has 0 aliphatic carbocycles. The first kappa shape index (κ1) is 59.2. The molecular weight excluding hydrogens is 757 g/mol. The monoisotopic (exact) mass is 851 g/mol. The van der Waals surface area contributed by atoms with E-state index < -0.39 is 36.3 Å². The quantitative estimate of drug-likeness (QED) is 0.0337. The van der Waals surface area contributed by atoms with Crippen LogP contribution >= 0.6 is 0 Å². The Morgan fingerprint density at radius 3 is 0.783 bits per heavy atom. The molecule has 0 fully saturated rings. The van der Waals surface area contributed by atoms with Gasteiger partial charge in [-0.25, -0.2) is 0 Å². The molecule has 0 rings (SSSR count). The Hall–Kier alpha value is -2.86. The maximum atomic E-state index is 13.0. The maximum Gasteiger partial charge on any atom is 0.243 e. The van der Waals surface area contributed by atoms with Crippen LogP contribution in [0.3, 0.4) is 0 Å². The smallest absolute Gasteiger partial charge is 0.243 e. The van der Waals surface area contributed by atoms with Crippen LogP contribution in [0.1, 0.15) is 223 Å². The zero-order valence-corrected chi connectivity index (χ0v) is 40.2. The molecule has 0 aliphatic heterocycles. The maximum absolute atomic E-state index is 13.0. The molecule has 0 aromatic carbocycles. The Bertz CT molecular complexity index is 1080. The van der Waals surface area contributed by atoms with Crippen LogP contribution < -0.4 is 32.7 Å². The standard InChI is InChI=1S/2C24H47N3O3/c2*1-6-9-12-15-19(25)23(29)27-21(17-14-11-8-3)24(30)26-20(16-13-10-7-2)22(28)18(4)5/h2*18-21H,6-17,25H2,1-5H3,(H,26,30)(H,27,29). The highest BCUT2D eigenvalue weighted by atomic mass is 16.2. The van der Waals surface area contributed by atoms with E-state index in [4.69, 9.17) is 11.5 Å². The summed E-state index contributed by atoms with van der Waals surface area (Å²) in [4.78, 5) is 76.3. The Labute approximate surface area is 367 Å². The zero-order chi connectivity index (χ0) is 45.9. The summed E-state index contributed by atoms with van der Waals surface area (Å²) < 4.78 is 0. The number of nitrogens with one attached hydrogen (secondary N) is 4. The van der Waals surface area contributed by atoms with Crippen molar-refractivity contribution in [3.8, 4) is 0 Å². The van der Waals surface area contributed by atoms with Gasteiger partial charge in [-0.3, -0.25) is 28.8 Å². The van der Waals surface area contributed by atoms with Crippen molar-refractivity contribution in [2.24, 2.45) is 23.3 Å². The largest absolute Gasteiger partial charge is 0.345 e. The first-order valence-corrected chi connectivity index (χ1v) is 24.4. The fourth-order valence-corrected chi connectivity index (χ4v) is 6.90. The molecule has 0 heterocycles. The minimum Gasteiger partial charge on any atom is -0.345 e. The van der Waals surface area contributed by atoms with E-state index in [1.165, 1.54) is 0 Å². The molecule has 0 aliphatic rings. The minimum atomic E-state index is -0.644. The number of carbonyl (C=O) groups is 6. The van der Waals surface area contributed by atoms with Crippen molar-refractivity contribution >= 4 is 35.2 Å². The molecule has 352 valence electrons. The molecule has 6 unspecified atom stereocenters. The molecule has 0 saturated carbocycles. The Kier molecular flexibility index (Phi) is 37.4. The van der Waals surface area contributed by atoms with Crippen molar-refractivity contribution in [1.82, 2.24) is 21.3 Å². The van der Waals surface area contributed by atoms with E-state index >= 15 is 0 Å². The lowest BCUT2D eigenvalue weighted by atomic mass is 9.96. The molecule has 0 bridgehead atoms. The minimum absolute atomic E-state index is 0.0503. The highest BCUT2D eigenvalue weighted by molar-refractivity contribution is 5.95. The van der Waals surface area contributed by atoms with E-state index in [1.807, 2.05) is 27.7 Å². The summed E-state index contributed by atoms with van der Waals surface area (Å²) in [5.41, 5.74) is 12.1. The predicted octanol–water partition coefficient (Wildman–Crippen LogP) is 8.50. The molecule has 8 N–H and O–H groups in total. The zero-order valence-electron chi connectivity index (χ0n) is 40.2. The Balaban J connectivity index is 0. The molecule has 0 aromatic rings. The molecule has 60 heavy (non-hydrogen) atoms. The number of unbranched alkanes of at least 4 members (excludes halogenated alkanes) is 12. The lowest BCUT2D eigenvalue weighted by molar-refractivity contribution is -0.133. The Morgan fingerprint density at radius 1 is 0.333 bits per heavy atom. The first-order valence-electron chi connectivity index (χ1n) is 24.4. The normalized spacial score (nSPS) is 14.2. The number of carbonyl (C=O) groups excluding carboxylic acids is 6. The van der Waals surface area contributed by atoms with Crippen LogP contribution in [0.15, 0.2) is 0 Å². The van der Waals surface area contributed by atoms with Gasteiger partial charge in [0, 0.05) is 11.8 Å². The summed E-state index contributed by atoms with van der Waals surface area (Å²) in [5, 5.41) is 11.6. The number of nitrogens with two attached hydrogens (primary N) is 2. The third-order valence-corrected chi connectivity index (χ3v) is 11.0. The second kappa shape index (κ2) is 37.9. The van der Waals surface area contributed by atoms with Crippen molar-refractivity contribution < 1.29 is 28.8 Å². The van der Waals surface area contributed by atoms with Gasteiger partial charge >= 0.3 is 0 Å². The summed E-state index contributed by atoms with van der Waals surface area (Å²) in [7, 11) is 0. The predicted molar refractivity (Wildman–Crippen MR) is 248 cm³/mol. The lowest BCUT2D eigenvalue weighted by Crippen LogP contribution is -2.54. The molecule has 4 amide bonds. The average molecular weight is 851 g/mol. The van der Waals surface area contributed by atoms with Gasteiger partial charge in [-0.1, -0.05) is 185 Å². The molecule has 0 spiro atoms. The van der Waals surface area contributed by atoms with Gasteiger partial charge in [-0.15, -0.1) is 0 Å². The average Bonchev–Trinajstić information content (AvgIpc) is 3.21. The van der Waals surface area contributed by atoms with Crippen LogP contribution in [-0.4, -0.2) is 71.4 Å². The van der Waals surface area contributed by atoms with E-state index in [-0.39, 0.29) is 47.0 Å². The van der Waals surface area contributed by atoms with Crippen LogP contribution in [-0.2, 0) is 28.8 Å². The number of hydrogen-bond donors (Lipinski definition) is 6. The van der Waals surface area contributed by atoms with Gasteiger partial charge < -0.3 is 32.7 Å². The highest BCUT2D eigenvalue weighted by Crippen LogP contribution is 2.14. The SMILES string of the molecule is CCCCCC(N)C(=O)NC(CCCCC)C(=O)NC(CCCCC)C(=O)C(C)C.CCCCCC(N)C(=O)NC(CCCCC)C(=O)NC(CCCCC)C(=O)C(C)C. The summed E-state index contributed by atoms with van der Waals surface area (Å²) >= 11 is 0. The lowest BCUT2D eigenvalue weighted by Gasteiger charge is -2.25. The number of amides is 4. The van der Waals surface area contributed by atoms with E-state index in [9.17, 15) is 28.8 Å². The van der Waals surface area contributed by atoms with Crippen LogP contribution in [0.5, 0.6) is 0 Å². The van der Waals surface area contributed by atoms with Crippen LogP contribution in [0, 0.1) is 11.8 Å². The van der Waals surface area contributed by atoms with E-state index in [2.05, 4.69) is 62.8 Å². The third kappa shape index (κ3) is 28.6. The van der Waals surface area contributed by atoms with E-state index in [0.717, 1.165) is 116 Å². The molecular formula is C48H94N6O6. The van der Waals surface area contributed by atoms with Gasteiger partial charge in [0.25, 0.3) is 0 Å². The van der Waals surface area contributed by atoms with Gasteiger partial charge in [0.15, 0.2) is 11.6 Å². The molecule has 12 heteroatoms. The van der Waals surface area contributed by atoms with Crippen molar-refractivity contribution in [2.75, 3.05) is 0 Å². The summed E-state index contributed by atoms with van der Waals surface area (Å²) in [5.74, 6) is -1.27. The van der Waals surface area contributed by atoms with Crippen LogP contribution in [0.4, 0.5) is 0 Å². The van der Waals surface area contributed by atoms with Crippen LogP contribution in [0.2, 0.25) is 0 Å². The fraction of sp³-hybridized carbons (Fsp3) is 0.875. The Morgan fingerprint density at radius 2 is 0.550 bits per heavy atom. The van der Waals surface area contributed by atoms with Gasteiger partial charge in [0.1, 0.15) is 12.1 Å². The van der Waals surface area contributed by atoms with Crippen LogP contribution in [0.25, 0.3) is 0 Å². The summed E-state index contributed by atoms with van der Waals surface area (Å²) in [6.07, 6.45) is 21.4. The number of ketones is 2. The van der Waals surface area contributed by atoms with Gasteiger partial charge in [-0.05, 0) is 38.5 Å². The van der Waals surface area contributed by atoms with E-state index in [1.54, 1.807) is 0 Å². The summed E-state index contributed by atoms with van der Waals surface area (Å²) in [6.45, 7) is 20.1. The second-order valence-corrected chi connectivity index (χ2v) is 17.5. The number of rotatable bonds is 36. The molecule has 12 nitrogen and oxygen atoms in total. The molecule has 0 radical (unpaired) electrons. The van der Waals surface area contributed by atoms with Gasteiger partial charge in [-0.2, -0.15) is 0 Å². The molecule has 6 atom stereocenters. The highest BCUT2D eigenvalue weighted by Gasteiger charge is 2.30. The number of Topliss-reactive ketones (excluding diaryl/α,β-unsaturated/α-hetero) is 2. The second-order valence-electron chi connectivity index (χ2n) is 17.5.